The van der Waals surface area contributed by atoms with Gasteiger partial charge in [-0.2, -0.15) is 11.8 Å². The van der Waals surface area contributed by atoms with Crippen LogP contribution in [0.4, 0.5) is 5.69 Å². The largest absolute Gasteiger partial charge is 0.468 e. The van der Waals surface area contributed by atoms with E-state index in [1.54, 1.807) is 36.0 Å². The first-order valence-corrected chi connectivity index (χ1v) is 12.2. The Kier molecular flexibility index (Phi) is 6.34. The quantitative estimate of drug-likeness (QED) is 0.509. The highest BCUT2D eigenvalue weighted by Gasteiger charge is 2.68. The molecule has 1 N–H and O–H groups in total. The lowest BCUT2D eigenvalue weighted by molar-refractivity contribution is -0.152. The van der Waals surface area contributed by atoms with Crippen molar-refractivity contribution in [3.05, 3.63) is 64.7 Å². The van der Waals surface area contributed by atoms with Gasteiger partial charge in [0.2, 0.25) is 11.8 Å². The molecule has 2 amide bonds. The molecule has 0 radical (unpaired) electrons. The number of thioether (sulfide) groups is 1. The topological polar surface area (TPSA) is 75.7 Å². The monoisotopic (exact) mass is 472 g/mol. The second kappa shape index (κ2) is 8.89. The number of carbonyl (C=O) groups is 3. The summed E-state index contributed by atoms with van der Waals surface area (Å²) >= 11 is 7.64. The molecule has 4 atom stereocenters. The molecule has 168 valence electrons. The van der Waals surface area contributed by atoms with Crippen molar-refractivity contribution in [3.8, 4) is 0 Å². The molecule has 32 heavy (non-hydrogen) atoms. The van der Waals surface area contributed by atoms with Crippen LogP contribution >= 0.6 is 23.4 Å². The summed E-state index contributed by atoms with van der Waals surface area (Å²) in [5, 5.41) is 3.94. The predicted octanol–water partition coefficient (Wildman–Crippen LogP) is 3.76. The second-order valence-electron chi connectivity index (χ2n) is 8.23. The number of nitrogens with zero attached hydrogens (tertiary/aromatic N) is 1. The van der Waals surface area contributed by atoms with E-state index < -0.39 is 29.4 Å². The van der Waals surface area contributed by atoms with E-state index in [9.17, 15) is 14.4 Å². The van der Waals surface area contributed by atoms with Gasteiger partial charge in [0.25, 0.3) is 0 Å². The summed E-state index contributed by atoms with van der Waals surface area (Å²) in [6.45, 7) is 1.94. The van der Waals surface area contributed by atoms with Gasteiger partial charge in [0, 0.05) is 11.1 Å². The van der Waals surface area contributed by atoms with Crippen LogP contribution in [0, 0.1) is 18.8 Å². The maximum absolute atomic E-state index is 13.7. The third-order valence-electron chi connectivity index (χ3n) is 6.43. The van der Waals surface area contributed by atoms with E-state index in [0.29, 0.717) is 22.9 Å². The van der Waals surface area contributed by atoms with Gasteiger partial charge >= 0.3 is 5.97 Å². The molecule has 2 aromatic rings. The summed E-state index contributed by atoms with van der Waals surface area (Å²) in [4.78, 5) is 41.8. The number of nitrogens with one attached hydrogen (secondary N) is 1. The lowest BCUT2D eigenvalue weighted by Gasteiger charge is -2.32. The molecule has 6 nitrogen and oxygen atoms in total. The highest BCUT2D eigenvalue weighted by Crippen LogP contribution is 2.51. The summed E-state index contributed by atoms with van der Waals surface area (Å²) < 4.78 is 5.17. The van der Waals surface area contributed by atoms with Crippen LogP contribution in [-0.4, -0.2) is 42.4 Å². The molecule has 0 saturated carbocycles. The third kappa shape index (κ3) is 3.62. The molecule has 2 heterocycles. The van der Waals surface area contributed by atoms with Crippen molar-refractivity contribution in [1.29, 1.82) is 0 Å². The number of carbonyl (C=O) groups excluding carboxylic acids is 3. The molecule has 0 spiro atoms. The molecule has 2 saturated heterocycles. The smallest absolute Gasteiger partial charge is 0.326 e. The van der Waals surface area contributed by atoms with Crippen molar-refractivity contribution in [2.45, 2.75) is 24.9 Å². The molecule has 8 heteroatoms. The van der Waals surface area contributed by atoms with Crippen molar-refractivity contribution in [3.63, 3.8) is 0 Å². The fourth-order valence-corrected chi connectivity index (χ4v) is 5.52. The standard InChI is InChI=1S/C24H25ClN2O4S/c1-14-4-10-17(11-5-14)27-21(28)18-19(22(27)29)24(12-13-32-3,23(30)31-2)26-20(18)15-6-8-16(25)9-7-15/h4-11,18-20,26H,12-13H2,1-3H3/t18-,19+,20+,24+/m0/s1. The number of ether oxygens (including phenoxy) is 1. The summed E-state index contributed by atoms with van der Waals surface area (Å²) in [5.41, 5.74) is 1.04. The molecular formula is C24H25ClN2O4S. The summed E-state index contributed by atoms with van der Waals surface area (Å²) in [7, 11) is 1.31. The minimum absolute atomic E-state index is 0.314. The Morgan fingerprint density at radius 2 is 1.78 bits per heavy atom. The first-order chi connectivity index (χ1) is 15.3. The van der Waals surface area contributed by atoms with Gasteiger partial charge in [-0.3, -0.25) is 19.7 Å². The Hall–Kier alpha value is -2.35. The predicted molar refractivity (Wildman–Crippen MR) is 126 cm³/mol. The molecule has 4 rings (SSSR count). The van der Waals surface area contributed by atoms with Crippen molar-refractivity contribution in [2.75, 3.05) is 24.0 Å². The fraction of sp³-hybridized carbons (Fsp3) is 0.375. The molecule has 2 aliphatic heterocycles. The van der Waals surface area contributed by atoms with Gasteiger partial charge in [-0.05, 0) is 55.2 Å². The number of amides is 2. The maximum atomic E-state index is 13.7. The van der Waals surface area contributed by atoms with Crippen molar-refractivity contribution in [2.24, 2.45) is 11.8 Å². The van der Waals surface area contributed by atoms with Crippen LogP contribution in [0.2, 0.25) is 5.02 Å². The molecule has 2 aromatic carbocycles. The first kappa shape index (κ1) is 22.8. The average molecular weight is 473 g/mol. The number of anilines is 1. The molecule has 2 fully saturated rings. The van der Waals surface area contributed by atoms with Crippen molar-refractivity contribution in [1.82, 2.24) is 5.32 Å². The van der Waals surface area contributed by atoms with Crippen LogP contribution < -0.4 is 10.2 Å². The first-order valence-electron chi connectivity index (χ1n) is 10.4. The number of esters is 1. The minimum atomic E-state index is -1.29. The minimum Gasteiger partial charge on any atom is -0.468 e. The molecule has 0 unspecified atom stereocenters. The van der Waals surface area contributed by atoms with E-state index in [1.807, 2.05) is 37.4 Å². The molecular weight excluding hydrogens is 448 g/mol. The summed E-state index contributed by atoms with van der Waals surface area (Å²) in [5.74, 6) is -2.18. The second-order valence-corrected chi connectivity index (χ2v) is 9.65. The zero-order valence-electron chi connectivity index (χ0n) is 18.1. The normalized spacial score (nSPS) is 27.0. The SMILES string of the molecule is COC(=O)[C@]1(CCSC)N[C@H](c2ccc(Cl)cc2)[C@H]2C(=O)N(c3ccc(C)cc3)C(=O)[C@@H]21. The van der Waals surface area contributed by atoms with Gasteiger partial charge in [-0.15, -0.1) is 0 Å². The van der Waals surface area contributed by atoms with Gasteiger partial charge in [0.05, 0.1) is 24.6 Å². The van der Waals surface area contributed by atoms with E-state index in [-0.39, 0.29) is 11.8 Å². The number of hydrogen-bond acceptors (Lipinski definition) is 6. The molecule has 0 aliphatic carbocycles. The number of aryl methyl sites for hydroxylation is 1. The lowest BCUT2D eigenvalue weighted by Crippen LogP contribution is -2.56. The van der Waals surface area contributed by atoms with Crippen LogP contribution in [0.5, 0.6) is 0 Å². The number of halogens is 1. The number of fused-ring (bicyclic) bond motifs is 1. The lowest BCUT2D eigenvalue weighted by atomic mass is 9.78. The number of hydrogen-bond donors (Lipinski definition) is 1. The number of rotatable bonds is 6. The highest BCUT2D eigenvalue weighted by atomic mass is 35.5. The van der Waals surface area contributed by atoms with E-state index in [4.69, 9.17) is 16.3 Å². The Labute approximate surface area is 196 Å². The summed E-state index contributed by atoms with van der Waals surface area (Å²) in [6.07, 6.45) is 2.31. The number of benzene rings is 2. The van der Waals surface area contributed by atoms with Gasteiger partial charge < -0.3 is 4.74 Å². The number of imide groups is 1. The summed E-state index contributed by atoms with van der Waals surface area (Å²) in [6, 6.07) is 13.9. The molecule has 2 aliphatic rings. The zero-order chi connectivity index (χ0) is 23.0. The Morgan fingerprint density at radius 1 is 1.12 bits per heavy atom. The van der Waals surface area contributed by atoms with Crippen molar-refractivity contribution >= 4 is 46.8 Å². The third-order valence-corrected chi connectivity index (χ3v) is 7.29. The van der Waals surface area contributed by atoms with E-state index in [0.717, 1.165) is 11.1 Å². The Bertz CT molecular complexity index is 1040. The van der Waals surface area contributed by atoms with Crippen LogP contribution in [0.1, 0.15) is 23.6 Å². The van der Waals surface area contributed by atoms with E-state index >= 15 is 0 Å². The molecule has 0 aromatic heterocycles. The van der Waals surface area contributed by atoms with Crippen LogP contribution in [-0.2, 0) is 19.1 Å². The van der Waals surface area contributed by atoms with Gasteiger partial charge in [0.15, 0.2) is 0 Å². The maximum Gasteiger partial charge on any atom is 0.326 e. The zero-order valence-corrected chi connectivity index (χ0v) is 19.7. The fourth-order valence-electron chi connectivity index (χ4n) is 4.87. The van der Waals surface area contributed by atoms with Crippen LogP contribution in [0.25, 0.3) is 0 Å². The number of methoxy groups -OCH3 is 1. The van der Waals surface area contributed by atoms with Crippen LogP contribution in [0.3, 0.4) is 0 Å². The van der Waals surface area contributed by atoms with Gasteiger partial charge in [0.1, 0.15) is 5.54 Å². The van der Waals surface area contributed by atoms with Crippen LogP contribution in [0.15, 0.2) is 48.5 Å². The van der Waals surface area contributed by atoms with Crippen molar-refractivity contribution < 1.29 is 19.1 Å². The van der Waals surface area contributed by atoms with E-state index in [2.05, 4.69) is 5.32 Å². The van der Waals surface area contributed by atoms with E-state index in [1.165, 1.54) is 12.0 Å². The van der Waals surface area contributed by atoms with Gasteiger partial charge in [-0.1, -0.05) is 41.4 Å². The highest BCUT2D eigenvalue weighted by molar-refractivity contribution is 7.98. The average Bonchev–Trinajstić information content (AvgIpc) is 3.27. The Morgan fingerprint density at radius 3 is 2.38 bits per heavy atom. The Balaban J connectivity index is 1.85. The molecule has 0 bridgehead atoms. The van der Waals surface area contributed by atoms with Gasteiger partial charge in [-0.25, -0.2) is 4.90 Å².